The average molecular weight is 334 g/mol. The number of hydrogen-bond acceptors (Lipinski definition) is 3. The van der Waals surface area contributed by atoms with E-state index in [1.165, 1.54) is 38.5 Å². The van der Waals surface area contributed by atoms with Gasteiger partial charge in [-0.2, -0.15) is 0 Å². The van der Waals surface area contributed by atoms with Gasteiger partial charge in [0.25, 0.3) is 0 Å². The summed E-state index contributed by atoms with van der Waals surface area (Å²) < 4.78 is 1.02. The molecule has 2 nitrogen and oxygen atoms in total. The Morgan fingerprint density at radius 2 is 1.95 bits per heavy atom. The second-order valence-corrected chi connectivity index (χ2v) is 7.89. The van der Waals surface area contributed by atoms with E-state index in [4.69, 9.17) is 11.6 Å². The molecule has 1 aliphatic carbocycles. The van der Waals surface area contributed by atoms with Gasteiger partial charge in [-0.25, -0.2) is 0 Å². The molecule has 2 fully saturated rings. The zero-order valence-electron chi connectivity index (χ0n) is 12.6. The normalized spacial score (nSPS) is 25.2. The predicted octanol–water partition coefficient (Wildman–Crippen LogP) is 5.07. The number of benzene rings is 1. The summed E-state index contributed by atoms with van der Waals surface area (Å²) >= 11 is 7.75. The van der Waals surface area contributed by atoms with Gasteiger partial charge >= 0.3 is 0 Å². The number of halogens is 1. The molecule has 116 valence electrons. The molecular formula is C18H20ClNOS. The first kappa shape index (κ1) is 14.5. The van der Waals surface area contributed by atoms with Gasteiger partial charge in [-0.1, -0.05) is 24.4 Å². The summed E-state index contributed by atoms with van der Waals surface area (Å²) in [6.07, 6.45) is 7.77. The summed E-state index contributed by atoms with van der Waals surface area (Å²) in [6.45, 7) is 1.02. The van der Waals surface area contributed by atoms with Crippen LogP contribution in [-0.4, -0.2) is 12.6 Å². The van der Waals surface area contributed by atoms with Gasteiger partial charge in [-0.05, 0) is 49.8 Å². The molecule has 2 aliphatic rings. The molecular weight excluding hydrogens is 314 g/mol. The lowest BCUT2D eigenvalue weighted by Crippen LogP contribution is -2.48. The van der Waals surface area contributed by atoms with E-state index in [2.05, 4.69) is 10.3 Å². The van der Waals surface area contributed by atoms with Gasteiger partial charge in [-0.3, -0.25) is 4.79 Å². The molecule has 2 heterocycles. The Balaban J connectivity index is 1.79. The quantitative estimate of drug-likeness (QED) is 0.725. The molecule has 1 aromatic carbocycles. The lowest BCUT2D eigenvalue weighted by Gasteiger charge is -2.45. The number of hydrogen-bond donors (Lipinski definition) is 0. The molecule has 22 heavy (non-hydrogen) atoms. The third kappa shape index (κ3) is 2.44. The zero-order valence-corrected chi connectivity index (χ0v) is 14.1. The molecule has 0 radical (unpaired) electrons. The summed E-state index contributed by atoms with van der Waals surface area (Å²) in [7, 11) is 0. The van der Waals surface area contributed by atoms with Crippen molar-refractivity contribution in [2.45, 2.75) is 44.6 Å². The molecule has 0 unspecified atom stereocenters. The Labute approximate surface area is 139 Å². The van der Waals surface area contributed by atoms with Gasteiger partial charge in [0.1, 0.15) is 0 Å². The molecule has 4 heteroatoms. The van der Waals surface area contributed by atoms with Crippen LogP contribution in [-0.2, 0) is 0 Å². The third-order valence-electron chi connectivity index (χ3n) is 5.27. The highest BCUT2D eigenvalue weighted by atomic mass is 35.5. The first-order valence-corrected chi connectivity index (χ1v) is 9.47. The Morgan fingerprint density at radius 1 is 1.14 bits per heavy atom. The maximum Gasteiger partial charge on any atom is 0.211 e. The van der Waals surface area contributed by atoms with Crippen LogP contribution >= 0.6 is 22.9 Å². The molecule has 1 aliphatic heterocycles. The van der Waals surface area contributed by atoms with Crippen molar-refractivity contribution in [2.75, 3.05) is 11.4 Å². The highest BCUT2D eigenvalue weighted by molar-refractivity contribution is 7.16. The van der Waals surface area contributed by atoms with Crippen LogP contribution in [0.4, 0.5) is 5.69 Å². The van der Waals surface area contributed by atoms with Gasteiger partial charge in [0.2, 0.25) is 5.43 Å². The first-order chi connectivity index (χ1) is 10.7. The minimum absolute atomic E-state index is 0.155. The van der Waals surface area contributed by atoms with Crippen molar-refractivity contribution in [3.63, 3.8) is 0 Å². The van der Waals surface area contributed by atoms with Gasteiger partial charge in [-0.15, -0.1) is 11.3 Å². The summed E-state index contributed by atoms with van der Waals surface area (Å²) in [5.41, 5.74) is 1.05. The fourth-order valence-electron chi connectivity index (χ4n) is 4.22. The van der Waals surface area contributed by atoms with Crippen molar-refractivity contribution in [1.29, 1.82) is 0 Å². The van der Waals surface area contributed by atoms with E-state index >= 15 is 0 Å². The van der Waals surface area contributed by atoms with E-state index in [-0.39, 0.29) is 5.43 Å². The molecule has 1 saturated heterocycles. The summed E-state index contributed by atoms with van der Waals surface area (Å²) in [4.78, 5) is 15.4. The molecule has 1 aromatic heterocycles. The van der Waals surface area contributed by atoms with Crippen molar-refractivity contribution in [3.8, 4) is 0 Å². The maximum atomic E-state index is 13.0. The Kier molecular flexibility index (Phi) is 3.87. The maximum absolute atomic E-state index is 13.0. The van der Waals surface area contributed by atoms with E-state index in [1.807, 2.05) is 18.2 Å². The Hall–Kier alpha value is -1.06. The van der Waals surface area contributed by atoms with E-state index in [0.29, 0.717) is 11.1 Å². The van der Waals surface area contributed by atoms with Crippen LogP contribution < -0.4 is 10.3 Å². The van der Waals surface area contributed by atoms with Crippen LogP contribution in [0.2, 0.25) is 5.02 Å². The molecule has 2 aromatic rings. The predicted molar refractivity (Wildman–Crippen MR) is 95.4 cm³/mol. The van der Waals surface area contributed by atoms with Crippen LogP contribution in [0.3, 0.4) is 0 Å². The molecule has 1 saturated carbocycles. The fraction of sp³-hybridized carbons (Fsp3) is 0.500. The lowest BCUT2D eigenvalue weighted by molar-refractivity contribution is 0.243. The Bertz CT molecular complexity index is 754. The highest BCUT2D eigenvalue weighted by Gasteiger charge is 2.34. The zero-order chi connectivity index (χ0) is 15.1. The average Bonchev–Trinajstić information content (AvgIpc) is 2.55. The molecule has 0 amide bonds. The highest BCUT2D eigenvalue weighted by Crippen LogP contribution is 2.37. The monoisotopic (exact) mass is 333 g/mol. The van der Waals surface area contributed by atoms with Crippen LogP contribution in [0.5, 0.6) is 0 Å². The van der Waals surface area contributed by atoms with Crippen LogP contribution in [0.25, 0.3) is 10.1 Å². The number of anilines is 1. The minimum Gasteiger partial charge on any atom is -0.364 e. The van der Waals surface area contributed by atoms with Crippen LogP contribution in [0, 0.1) is 5.92 Å². The number of fused-ring (bicyclic) bond motifs is 2. The molecule has 4 rings (SSSR count). The SMILES string of the molecule is O=c1c(N2CCC[C@H]3CCCC[C@@H]32)csc2ccc(Cl)cc12. The first-order valence-electron chi connectivity index (χ1n) is 8.22. The van der Waals surface area contributed by atoms with Gasteiger partial charge in [0.15, 0.2) is 0 Å². The molecule has 0 spiro atoms. The van der Waals surface area contributed by atoms with Crippen molar-refractivity contribution >= 4 is 38.7 Å². The van der Waals surface area contributed by atoms with E-state index in [0.717, 1.165) is 28.2 Å². The van der Waals surface area contributed by atoms with Crippen LogP contribution in [0.15, 0.2) is 28.4 Å². The largest absolute Gasteiger partial charge is 0.364 e. The van der Waals surface area contributed by atoms with Crippen molar-refractivity contribution in [1.82, 2.24) is 0 Å². The second-order valence-electron chi connectivity index (χ2n) is 6.54. The smallest absolute Gasteiger partial charge is 0.211 e. The standard InChI is InChI=1S/C18H20ClNOS/c19-13-7-8-17-14(10-13)18(21)16(11-22-17)20-9-3-5-12-4-1-2-6-15(12)20/h7-8,10-12,15H,1-6,9H2/t12-,15+/m1/s1. The van der Waals surface area contributed by atoms with Crippen molar-refractivity contribution in [2.24, 2.45) is 5.92 Å². The number of nitrogens with zero attached hydrogens (tertiary/aromatic N) is 1. The molecule has 2 atom stereocenters. The van der Waals surface area contributed by atoms with Gasteiger partial charge < -0.3 is 4.90 Å². The van der Waals surface area contributed by atoms with Crippen molar-refractivity contribution in [3.05, 3.63) is 38.8 Å². The summed E-state index contributed by atoms with van der Waals surface area (Å²) in [5.74, 6) is 0.780. The minimum atomic E-state index is 0.155. The fourth-order valence-corrected chi connectivity index (χ4v) is 5.29. The Morgan fingerprint density at radius 3 is 2.86 bits per heavy atom. The second kappa shape index (κ2) is 5.86. The molecule has 0 bridgehead atoms. The molecule has 0 N–H and O–H groups in total. The van der Waals surface area contributed by atoms with Crippen LogP contribution in [0.1, 0.15) is 38.5 Å². The van der Waals surface area contributed by atoms with E-state index < -0.39 is 0 Å². The van der Waals surface area contributed by atoms with E-state index in [1.54, 1.807) is 11.3 Å². The topological polar surface area (TPSA) is 20.3 Å². The van der Waals surface area contributed by atoms with Gasteiger partial charge in [0.05, 0.1) is 5.69 Å². The summed E-state index contributed by atoms with van der Waals surface area (Å²) in [5, 5.41) is 3.48. The number of rotatable bonds is 1. The van der Waals surface area contributed by atoms with E-state index in [9.17, 15) is 4.79 Å². The number of piperidine rings is 1. The third-order valence-corrected chi connectivity index (χ3v) is 6.46. The lowest BCUT2D eigenvalue weighted by atomic mass is 9.78. The summed E-state index contributed by atoms with van der Waals surface area (Å²) in [6, 6.07) is 6.20. The van der Waals surface area contributed by atoms with Gasteiger partial charge in [0, 0.05) is 33.1 Å². The van der Waals surface area contributed by atoms with Crippen molar-refractivity contribution < 1.29 is 0 Å².